The van der Waals surface area contributed by atoms with Gasteiger partial charge in [0, 0.05) is 11.8 Å². The van der Waals surface area contributed by atoms with Gasteiger partial charge in [0.2, 0.25) is 5.91 Å². The number of amides is 1. The summed E-state index contributed by atoms with van der Waals surface area (Å²) in [6.07, 6.45) is 2.10. The molecule has 0 radical (unpaired) electrons. The number of ketones is 1. The number of hydrogen-bond donors (Lipinski definition) is 1. The van der Waals surface area contributed by atoms with Gasteiger partial charge in [-0.25, -0.2) is 0 Å². The van der Waals surface area contributed by atoms with E-state index in [9.17, 15) is 9.59 Å². The summed E-state index contributed by atoms with van der Waals surface area (Å²) in [5.74, 6) is 2.39. The van der Waals surface area contributed by atoms with Crippen LogP contribution in [0.25, 0.3) is 0 Å². The van der Waals surface area contributed by atoms with Crippen LogP contribution in [0.15, 0.2) is 42.5 Å². The van der Waals surface area contributed by atoms with Gasteiger partial charge in [-0.1, -0.05) is 18.2 Å². The van der Waals surface area contributed by atoms with Crippen molar-refractivity contribution in [2.75, 3.05) is 14.2 Å². The summed E-state index contributed by atoms with van der Waals surface area (Å²) in [5.41, 5.74) is 0.922. The zero-order chi connectivity index (χ0) is 20.9. The Bertz CT molecular complexity index is 996. The number of benzene rings is 2. The smallest absolute Gasteiger partial charge is 0.224 e. The molecule has 2 aromatic carbocycles. The molecule has 1 spiro atoms. The van der Waals surface area contributed by atoms with E-state index in [-0.39, 0.29) is 29.4 Å². The fourth-order valence-corrected chi connectivity index (χ4v) is 5.51. The van der Waals surface area contributed by atoms with E-state index in [1.54, 1.807) is 14.2 Å². The SMILES string of the molecule is COc1cccc(OC)c1CNC(=O)[C@@H]1[C@@H]2CC[C@]3(CC(=O)c4ccccc4O3)[C@H]21. The Balaban J connectivity index is 1.31. The first-order valence-corrected chi connectivity index (χ1v) is 10.4. The molecule has 0 unspecified atom stereocenters. The van der Waals surface area contributed by atoms with Crippen molar-refractivity contribution in [2.45, 2.75) is 31.4 Å². The number of nitrogens with one attached hydrogen (secondary N) is 1. The monoisotopic (exact) mass is 407 g/mol. The highest BCUT2D eigenvalue weighted by molar-refractivity contribution is 6.00. The maximum atomic E-state index is 13.0. The van der Waals surface area contributed by atoms with Crippen LogP contribution < -0.4 is 19.5 Å². The van der Waals surface area contributed by atoms with Crippen LogP contribution in [0.3, 0.4) is 0 Å². The lowest BCUT2D eigenvalue weighted by Gasteiger charge is -2.37. The van der Waals surface area contributed by atoms with Crippen LogP contribution in [0.4, 0.5) is 0 Å². The number of hydrogen-bond acceptors (Lipinski definition) is 5. The highest BCUT2D eigenvalue weighted by Gasteiger charge is 2.70. The molecule has 4 atom stereocenters. The third kappa shape index (κ3) is 2.85. The summed E-state index contributed by atoms with van der Waals surface area (Å²) in [7, 11) is 3.20. The fraction of sp³-hybridized carbons (Fsp3) is 0.417. The lowest BCUT2D eigenvalue weighted by atomic mass is 9.84. The van der Waals surface area contributed by atoms with E-state index >= 15 is 0 Å². The predicted molar refractivity (Wildman–Crippen MR) is 110 cm³/mol. The van der Waals surface area contributed by atoms with E-state index in [1.807, 2.05) is 42.5 Å². The van der Waals surface area contributed by atoms with Crippen LogP contribution in [-0.4, -0.2) is 31.5 Å². The van der Waals surface area contributed by atoms with Gasteiger partial charge in [0.15, 0.2) is 5.78 Å². The second kappa shape index (κ2) is 7.04. The Morgan fingerprint density at radius 1 is 1.13 bits per heavy atom. The number of methoxy groups -OCH3 is 2. The number of Topliss-reactive ketones (excluding diaryl/α,β-unsaturated/α-hetero) is 1. The van der Waals surface area contributed by atoms with E-state index in [0.717, 1.165) is 18.4 Å². The van der Waals surface area contributed by atoms with E-state index in [4.69, 9.17) is 14.2 Å². The topological polar surface area (TPSA) is 73.9 Å². The quantitative estimate of drug-likeness (QED) is 0.823. The molecule has 6 nitrogen and oxygen atoms in total. The minimum Gasteiger partial charge on any atom is -0.496 e. The van der Waals surface area contributed by atoms with Crippen molar-refractivity contribution in [1.29, 1.82) is 0 Å². The molecule has 5 rings (SSSR count). The maximum Gasteiger partial charge on any atom is 0.224 e. The second-order valence-corrected chi connectivity index (χ2v) is 8.38. The minimum absolute atomic E-state index is 0.00643. The largest absolute Gasteiger partial charge is 0.496 e. The number of para-hydroxylation sites is 1. The Labute approximate surface area is 175 Å². The van der Waals surface area contributed by atoms with Crippen LogP contribution in [0, 0.1) is 17.8 Å². The van der Waals surface area contributed by atoms with E-state index in [0.29, 0.717) is 35.8 Å². The van der Waals surface area contributed by atoms with Crippen molar-refractivity contribution >= 4 is 11.7 Å². The molecular weight excluding hydrogens is 382 g/mol. The van der Waals surface area contributed by atoms with Crippen molar-refractivity contribution in [3.63, 3.8) is 0 Å². The summed E-state index contributed by atoms with van der Waals surface area (Å²) >= 11 is 0. The Morgan fingerprint density at radius 3 is 2.60 bits per heavy atom. The molecule has 0 aromatic heterocycles. The standard InChI is InChI=1S/C24H25NO5/c1-28-18-8-5-9-19(29-2)16(18)13-25-23(27)21-15-10-11-24(22(15)21)12-17(26)14-6-3-4-7-20(14)30-24/h3-9,15,21-22H,10-13H2,1-2H3,(H,25,27)/t15-,21+,22+,24-/m0/s1. The minimum atomic E-state index is -0.541. The third-order valence-corrected chi connectivity index (χ3v) is 6.91. The van der Waals surface area contributed by atoms with Crippen molar-refractivity contribution in [2.24, 2.45) is 17.8 Å². The van der Waals surface area contributed by atoms with Crippen molar-refractivity contribution < 1.29 is 23.8 Å². The molecule has 156 valence electrons. The van der Waals surface area contributed by atoms with Gasteiger partial charge >= 0.3 is 0 Å². The van der Waals surface area contributed by atoms with E-state index < -0.39 is 5.60 Å². The zero-order valence-corrected chi connectivity index (χ0v) is 17.1. The van der Waals surface area contributed by atoms with Crippen LogP contribution in [0.1, 0.15) is 35.2 Å². The summed E-state index contributed by atoms with van der Waals surface area (Å²) in [6, 6.07) is 13.0. The molecule has 1 N–H and O–H groups in total. The van der Waals surface area contributed by atoms with Gasteiger partial charge in [-0.3, -0.25) is 9.59 Å². The molecule has 1 aliphatic heterocycles. The van der Waals surface area contributed by atoms with Crippen LogP contribution in [-0.2, 0) is 11.3 Å². The maximum absolute atomic E-state index is 13.0. The number of rotatable bonds is 5. The van der Waals surface area contributed by atoms with Crippen LogP contribution >= 0.6 is 0 Å². The highest BCUT2D eigenvalue weighted by Crippen LogP contribution is 2.65. The van der Waals surface area contributed by atoms with E-state index in [2.05, 4.69) is 5.32 Å². The molecular formula is C24H25NO5. The molecule has 3 aliphatic rings. The fourth-order valence-electron chi connectivity index (χ4n) is 5.51. The number of ether oxygens (including phenoxy) is 3. The zero-order valence-electron chi connectivity index (χ0n) is 17.1. The van der Waals surface area contributed by atoms with Gasteiger partial charge in [-0.05, 0) is 43.0 Å². The summed E-state index contributed by atoms with van der Waals surface area (Å²) in [4.78, 5) is 25.7. The van der Waals surface area contributed by atoms with Crippen molar-refractivity contribution in [3.8, 4) is 17.2 Å². The molecule has 0 saturated heterocycles. The lowest BCUT2D eigenvalue weighted by molar-refractivity contribution is -0.124. The van der Waals surface area contributed by atoms with E-state index in [1.165, 1.54) is 0 Å². The first-order chi connectivity index (χ1) is 14.6. The average Bonchev–Trinajstić information content (AvgIpc) is 3.42. The molecule has 2 aromatic rings. The van der Waals surface area contributed by atoms with Crippen molar-refractivity contribution in [3.05, 3.63) is 53.6 Å². The molecule has 1 amide bonds. The van der Waals surface area contributed by atoms with Gasteiger partial charge in [0.1, 0.15) is 22.8 Å². The van der Waals surface area contributed by atoms with Crippen LogP contribution in [0.5, 0.6) is 17.2 Å². The Morgan fingerprint density at radius 2 is 1.87 bits per heavy atom. The molecule has 2 saturated carbocycles. The summed E-state index contributed by atoms with van der Waals surface area (Å²) < 4.78 is 17.2. The summed E-state index contributed by atoms with van der Waals surface area (Å²) in [5, 5.41) is 3.05. The predicted octanol–water partition coefficient (Wildman–Crippen LogP) is 3.38. The number of carbonyl (C=O) groups excluding carboxylic acids is 2. The number of fused-ring (bicyclic) bond motifs is 3. The van der Waals surface area contributed by atoms with Gasteiger partial charge in [0.05, 0.1) is 38.3 Å². The highest BCUT2D eigenvalue weighted by atomic mass is 16.5. The first kappa shape index (κ1) is 19.0. The van der Waals surface area contributed by atoms with Gasteiger partial charge in [-0.15, -0.1) is 0 Å². The van der Waals surface area contributed by atoms with Gasteiger partial charge in [-0.2, -0.15) is 0 Å². The summed E-state index contributed by atoms with van der Waals surface area (Å²) in [6.45, 7) is 0.331. The molecule has 1 heterocycles. The van der Waals surface area contributed by atoms with Crippen molar-refractivity contribution in [1.82, 2.24) is 5.32 Å². The third-order valence-electron chi connectivity index (χ3n) is 6.91. The Hall–Kier alpha value is -3.02. The van der Waals surface area contributed by atoms with Gasteiger partial charge < -0.3 is 19.5 Å². The lowest BCUT2D eigenvalue weighted by Crippen LogP contribution is -2.44. The first-order valence-electron chi connectivity index (χ1n) is 10.4. The molecule has 6 heteroatoms. The molecule has 0 bridgehead atoms. The number of carbonyl (C=O) groups is 2. The average molecular weight is 407 g/mol. The second-order valence-electron chi connectivity index (χ2n) is 8.38. The van der Waals surface area contributed by atoms with Crippen LogP contribution in [0.2, 0.25) is 0 Å². The van der Waals surface area contributed by atoms with Gasteiger partial charge in [0.25, 0.3) is 0 Å². The normalized spacial score (nSPS) is 28.3. The molecule has 30 heavy (non-hydrogen) atoms. The molecule has 2 fully saturated rings. The molecule has 2 aliphatic carbocycles. The Kier molecular flexibility index (Phi) is 4.45.